The summed E-state index contributed by atoms with van der Waals surface area (Å²) in [5.41, 5.74) is 1.49. The van der Waals surface area contributed by atoms with Crippen LogP contribution in [-0.4, -0.2) is 11.1 Å². The van der Waals surface area contributed by atoms with Crippen molar-refractivity contribution in [3.63, 3.8) is 0 Å². The zero-order valence-corrected chi connectivity index (χ0v) is 14.5. The summed E-state index contributed by atoms with van der Waals surface area (Å²) in [6.07, 6.45) is 15.6. The van der Waals surface area contributed by atoms with Crippen molar-refractivity contribution in [1.29, 1.82) is 0 Å². The molecule has 21 heavy (non-hydrogen) atoms. The second-order valence-electron chi connectivity index (χ2n) is 6.36. The number of hydrogen-bond acceptors (Lipinski definition) is 2. The Labute approximate surface area is 131 Å². The topological polar surface area (TPSA) is 49.3 Å². The Kier molecular flexibility index (Phi) is 12.8. The maximum atomic E-state index is 11.8. The molecule has 0 saturated carbocycles. The normalized spacial score (nSPS) is 11.6. The standard InChI is InChI=1S/C18H37NO2/c1-4-7-8-9-10-11-12-13-14-15-16-18(5-2,6-3)17(20)19-21/h21H,4-16H2,1-3H3,(H,19,20). The second kappa shape index (κ2) is 13.1. The van der Waals surface area contributed by atoms with Crippen LogP contribution in [0.2, 0.25) is 0 Å². The average Bonchev–Trinajstić information content (AvgIpc) is 2.52. The van der Waals surface area contributed by atoms with Crippen LogP contribution in [0.5, 0.6) is 0 Å². The van der Waals surface area contributed by atoms with E-state index < -0.39 is 0 Å². The van der Waals surface area contributed by atoms with Gasteiger partial charge in [-0.2, -0.15) is 0 Å². The molecule has 126 valence electrons. The maximum Gasteiger partial charge on any atom is 0.249 e. The first-order chi connectivity index (χ1) is 10.2. The molecule has 1 amide bonds. The fourth-order valence-electron chi connectivity index (χ4n) is 3.11. The molecule has 0 aromatic rings. The van der Waals surface area contributed by atoms with E-state index in [1.807, 2.05) is 19.3 Å². The Bertz CT molecular complexity index is 250. The molecule has 3 nitrogen and oxygen atoms in total. The van der Waals surface area contributed by atoms with E-state index in [0.717, 1.165) is 25.7 Å². The summed E-state index contributed by atoms with van der Waals surface area (Å²) in [5.74, 6) is -0.205. The molecule has 0 aromatic carbocycles. The monoisotopic (exact) mass is 299 g/mol. The Morgan fingerprint density at radius 3 is 1.62 bits per heavy atom. The van der Waals surface area contributed by atoms with Crippen molar-refractivity contribution in [1.82, 2.24) is 5.48 Å². The summed E-state index contributed by atoms with van der Waals surface area (Å²) >= 11 is 0. The van der Waals surface area contributed by atoms with Crippen LogP contribution < -0.4 is 5.48 Å². The molecule has 2 N–H and O–H groups in total. The van der Waals surface area contributed by atoms with Crippen LogP contribution in [0.3, 0.4) is 0 Å². The highest BCUT2D eigenvalue weighted by Gasteiger charge is 2.33. The molecule has 0 bridgehead atoms. The molecule has 0 spiro atoms. The van der Waals surface area contributed by atoms with Crippen molar-refractivity contribution in [2.75, 3.05) is 0 Å². The van der Waals surface area contributed by atoms with Crippen LogP contribution in [0, 0.1) is 5.41 Å². The van der Waals surface area contributed by atoms with E-state index in [2.05, 4.69) is 6.92 Å². The lowest BCUT2D eigenvalue weighted by molar-refractivity contribution is -0.141. The first-order valence-corrected chi connectivity index (χ1v) is 9.11. The van der Waals surface area contributed by atoms with Gasteiger partial charge in [0.2, 0.25) is 5.91 Å². The third kappa shape index (κ3) is 8.45. The van der Waals surface area contributed by atoms with Crippen LogP contribution in [0.15, 0.2) is 0 Å². The Morgan fingerprint density at radius 2 is 1.24 bits per heavy atom. The van der Waals surface area contributed by atoms with Gasteiger partial charge in [-0.1, -0.05) is 85.0 Å². The van der Waals surface area contributed by atoms with Crippen LogP contribution in [0.25, 0.3) is 0 Å². The van der Waals surface area contributed by atoms with E-state index in [0.29, 0.717) is 0 Å². The molecule has 0 fully saturated rings. The van der Waals surface area contributed by atoms with Crippen LogP contribution in [0.4, 0.5) is 0 Å². The third-order valence-corrected chi connectivity index (χ3v) is 4.95. The molecule has 0 aliphatic rings. The molecule has 0 saturated heterocycles. The van der Waals surface area contributed by atoms with Crippen molar-refractivity contribution >= 4 is 5.91 Å². The highest BCUT2D eigenvalue weighted by Crippen LogP contribution is 2.33. The van der Waals surface area contributed by atoms with Gasteiger partial charge in [-0.05, 0) is 19.3 Å². The van der Waals surface area contributed by atoms with Gasteiger partial charge in [0, 0.05) is 0 Å². The van der Waals surface area contributed by atoms with Crippen LogP contribution in [0.1, 0.15) is 104 Å². The minimum atomic E-state index is -0.366. The van der Waals surface area contributed by atoms with Gasteiger partial charge in [0.25, 0.3) is 0 Å². The molecular weight excluding hydrogens is 262 g/mol. The number of rotatable bonds is 14. The van der Waals surface area contributed by atoms with Crippen molar-refractivity contribution < 1.29 is 10.0 Å². The smallest absolute Gasteiger partial charge is 0.249 e. The lowest BCUT2D eigenvalue weighted by Crippen LogP contribution is -2.38. The van der Waals surface area contributed by atoms with Gasteiger partial charge in [0.1, 0.15) is 0 Å². The number of hydroxylamine groups is 1. The van der Waals surface area contributed by atoms with E-state index in [1.165, 1.54) is 57.8 Å². The molecule has 0 aromatic heterocycles. The number of carbonyl (C=O) groups excluding carboxylic acids is 1. The van der Waals surface area contributed by atoms with Gasteiger partial charge in [-0.15, -0.1) is 0 Å². The molecule has 0 atom stereocenters. The van der Waals surface area contributed by atoms with Crippen molar-refractivity contribution in [3.05, 3.63) is 0 Å². The molecule has 0 aliphatic heterocycles. The van der Waals surface area contributed by atoms with Gasteiger partial charge < -0.3 is 0 Å². The second-order valence-corrected chi connectivity index (χ2v) is 6.36. The number of unbranched alkanes of at least 4 members (excludes halogenated alkanes) is 9. The molecular formula is C18H37NO2. The van der Waals surface area contributed by atoms with Gasteiger partial charge in [0.05, 0.1) is 5.41 Å². The van der Waals surface area contributed by atoms with Crippen molar-refractivity contribution in [2.45, 2.75) is 104 Å². The highest BCUT2D eigenvalue weighted by molar-refractivity contribution is 5.81. The van der Waals surface area contributed by atoms with Gasteiger partial charge in [0.15, 0.2) is 0 Å². The van der Waals surface area contributed by atoms with E-state index in [9.17, 15) is 4.79 Å². The summed E-state index contributed by atoms with van der Waals surface area (Å²) in [4.78, 5) is 11.8. The predicted molar refractivity (Wildman–Crippen MR) is 89.4 cm³/mol. The van der Waals surface area contributed by atoms with Crippen LogP contribution >= 0.6 is 0 Å². The molecule has 0 radical (unpaired) electrons. The lowest BCUT2D eigenvalue weighted by atomic mass is 9.77. The first kappa shape index (κ1) is 20.4. The number of carbonyl (C=O) groups is 1. The largest absolute Gasteiger partial charge is 0.289 e. The molecule has 0 rings (SSSR count). The van der Waals surface area contributed by atoms with Crippen molar-refractivity contribution in [2.24, 2.45) is 5.41 Å². The number of nitrogens with one attached hydrogen (secondary N) is 1. The SMILES string of the molecule is CCCCCCCCCCCCC(CC)(CC)C(=O)NO. The van der Waals surface area contributed by atoms with Crippen LogP contribution in [-0.2, 0) is 4.79 Å². The summed E-state index contributed by atoms with van der Waals surface area (Å²) in [6.45, 7) is 6.33. The quantitative estimate of drug-likeness (QED) is 0.249. The van der Waals surface area contributed by atoms with Crippen molar-refractivity contribution in [3.8, 4) is 0 Å². The molecule has 0 aliphatic carbocycles. The van der Waals surface area contributed by atoms with Gasteiger partial charge in [-0.25, -0.2) is 5.48 Å². The van der Waals surface area contributed by atoms with E-state index >= 15 is 0 Å². The Hall–Kier alpha value is -0.570. The lowest BCUT2D eigenvalue weighted by Gasteiger charge is -2.29. The van der Waals surface area contributed by atoms with Gasteiger partial charge in [-0.3, -0.25) is 10.0 Å². The minimum Gasteiger partial charge on any atom is -0.289 e. The zero-order valence-electron chi connectivity index (χ0n) is 14.5. The summed E-state index contributed by atoms with van der Waals surface area (Å²) in [5, 5.41) is 8.89. The summed E-state index contributed by atoms with van der Waals surface area (Å²) in [6, 6.07) is 0. The molecule has 3 heteroatoms. The highest BCUT2D eigenvalue weighted by atomic mass is 16.5. The summed E-state index contributed by atoms with van der Waals surface area (Å²) in [7, 11) is 0. The third-order valence-electron chi connectivity index (χ3n) is 4.95. The van der Waals surface area contributed by atoms with E-state index in [1.54, 1.807) is 0 Å². The summed E-state index contributed by atoms with van der Waals surface area (Å²) < 4.78 is 0. The predicted octanol–water partition coefficient (Wildman–Crippen LogP) is 5.61. The Balaban J connectivity index is 3.66. The Morgan fingerprint density at radius 1 is 0.810 bits per heavy atom. The zero-order chi connectivity index (χ0) is 16.0. The fraction of sp³-hybridized carbons (Fsp3) is 0.944. The fourth-order valence-corrected chi connectivity index (χ4v) is 3.11. The average molecular weight is 299 g/mol. The first-order valence-electron chi connectivity index (χ1n) is 9.11. The van der Waals surface area contributed by atoms with Gasteiger partial charge >= 0.3 is 0 Å². The number of hydrogen-bond donors (Lipinski definition) is 2. The number of amides is 1. The molecule has 0 heterocycles. The molecule has 0 unspecified atom stereocenters. The minimum absolute atomic E-state index is 0.205. The van der Waals surface area contributed by atoms with E-state index in [-0.39, 0.29) is 11.3 Å². The van der Waals surface area contributed by atoms with E-state index in [4.69, 9.17) is 5.21 Å². The maximum absolute atomic E-state index is 11.8.